The fraction of sp³-hybridized carbons (Fsp3) is 0.0645. The second-order valence-corrected chi connectivity index (χ2v) is 8.79. The first-order chi connectivity index (χ1) is 18.2. The number of rotatable bonds is 7. The van der Waals surface area contributed by atoms with Crippen molar-refractivity contribution in [2.45, 2.75) is 12.1 Å². The van der Waals surface area contributed by atoms with Crippen molar-refractivity contribution < 1.29 is 14.4 Å². The molecule has 0 saturated heterocycles. The number of carbonyl (C=O) groups is 2. The van der Waals surface area contributed by atoms with E-state index < -0.39 is 17.4 Å². The molecule has 0 atom stereocenters. The monoisotopic (exact) mass is 485 g/mol. The number of benzene rings is 4. The predicted octanol–water partition coefficient (Wildman–Crippen LogP) is 5.45. The third-order valence-electron chi connectivity index (χ3n) is 6.75. The zero-order valence-electron chi connectivity index (χ0n) is 19.9. The topological polar surface area (TPSA) is 64.4 Å². The van der Waals surface area contributed by atoms with Gasteiger partial charge in [0, 0.05) is 0 Å². The van der Waals surface area contributed by atoms with E-state index in [2.05, 4.69) is 45.9 Å². The number of amides is 2. The lowest BCUT2D eigenvalue weighted by atomic mass is 9.76. The molecule has 0 fully saturated rings. The van der Waals surface area contributed by atoms with Crippen LogP contribution in [-0.2, 0) is 17.0 Å². The molecule has 6 nitrogen and oxygen atoms in total. The Hall–Kier alpha value is -4.81. The van der Waals surface area contributed by atoms with Gasteiger partial charge >= 0.3 is 0 Å². The Balaban J connectivity index is 1.47. The van der Waals surface area contributed by atoms with Crippen molar-refractivity contribution in [1.29, 1.82) is 0 Å². The van der Waals surface area contributed by atoms with Crippen molar-refractivity contribution in [3.63, 3.8) is 0 Å². The van der Waals surface area contributed by atoms with Crippen LogP contribution in [0.15, 0.2) is 128 Å². The van der Waals surface area contributed by atoms with Gasteiger partial charge in [-0.25, -0.2) is 4.98 Å². The Morgan fingerprint density at radius 3 is 1.51 bits per heavy atom. The molecular weight excluding hydrogens is 462 g/mol. The van der Waals surface area contributed by atoms with E-state index >= 15 is 0 Å². The van der Waals surface area contributed by atoms with Crippen LogP contribution in [0.3, 0.4) is 0 Å². The first-order valence-electron chi connectivity index (χ1n) is 12.0. The molecule has 5 aromatic rings. The number of imide groups is 1. The molecule has 1 aliphatic rings. The van der Waals surface area contributed by atoms with Crippen molar-refractivity contribution in [2.24, 2.45) is 0 Å². The van der Waals surface area contributed by atoms with Crippen molar-refractivity contribution in [1.82, 2.24) is 14.6 Å². The van der Waals surface area contributed by atoms with E-state index in [-0.39, 0.29) is 6.61 Å². The van der Waals surface area contributed by atoms with Gasteiger partial charge in [0.05, 0.1) is 29.3 Å². The molecule has 0 aliphatic carbocycles. The molecule has 1 aromatic heterocycles. The standard InChI is InChI=1S/C31H23N3O3/c35-29-27-18-10-11-19-28(27)30(36)34(29)37-21-26-20-32-22-33(26)31(23-12-4-1-5-13-23,24-14-6-2-7-15-24)25-16-8-3-9-17-25/h1-20,22H,21H2. The van der Waals surface area contributed by atoms with E-state index in [0.717, 1.165) is 21.8 Å². The van der Waals surface area contributed by atoms with Gasteiger partial charge in [0.15, 0.2) is 0 Å². The average Bonchev–Trinajstić information content (AvgIpc) is 3.52. The van der Waals surface area contributed by atoms with Crippen LogP contribution in [0, 0.1) is 0 Å². The van der Waals surface area contributed by atoms with Gasteiger partial charge in [-0.3, -0.25) is 14.4 Å². The number of carbonyl (C=O) groups excluding carboxylic acids is 2. The SMILES string of the molecule is O=C1c2ccccc2C(=O)N1OCc1cncn1C(c1ccccc1)(c1ccccc1)c1ccccc1. The molecule has 0 unspecified atom stereocenters. The Labute approximate surface area is 214 Å². The van der Waals surface area contributed by atoms with Gasteiger partial charge in [-0.1, -0.05) is 103 Å². The lowest BCUT2D eigenvalue weighted by Gasteiger charge is -2.38. The lowest BCUT2D eigenvalue weighted by Crippen LogP contribution is -2.39. The zero-order valence-corrected chi connectivity index (χ0v) is 19.9. The second-order valence-electron chi connectivity index (χ2n) is 8.79. The number of hydrogen-bond donors (Lipinski definition) is 0. The fourth-order valence-electron chi connectivity index (χ4n) is 5.10. The highest BCUT2D eigenvalue weighted by atomic mass is 16.7. The van der Waals surface area contributed by atoms with Crippen LogP contribution in [0.1, 0.15) is 43.1 Å². The van der Waals surface area contributed by atoms with Gasteiger partial charge in [-0.05, 0) is 28.8 Å². The summed E-state index contributed by atoms with van der Waals surface area (Å²) in [5.74, 6) is -0.931. The van der Waals surface area contributed by atoms with Gasteiger partial charge in [-0.2, -0.15) is 0 Å². The van der Waals surface area contributed by atoms with Gasteiger partial charge < -0.3 is 4.57 Å². The van der Waals surface area contributed by atoms with E-state index in [9.17, 15) is 9.59 Å². The summed E-state index contributed by atoms with van der Waals surface area (Å²) < 4.78 is 2.06. The molecule has 6 rings (SSSR count). The molecule has 0 bridgehead atoms. The first-order valence-corrected chi connectivity index (χ1v) is 12.0. The quantitative estimate of drug-likeness (QED) is 0.227. The minimum absolute atomic E-state index is 0.0281. The summed E-state index contributed by atoms with van der Waals surface area (Å²) in [5.41, 5.74) is 3.71. The zero-order chi connectivity index (χ0) is 25.2. The fourth-order valence-corrected chi connectivity index (χ4v) is 5.10. The first kappa shape index (κ1) is 22.6. The highest BCUT2D eigenvalue weighted by Gasteiger charge is 2.40. The molecule has 6 heteroatoms. The molecule has 4 aromatic carbocycles. The summed E-state index contributed by atoms with van der Waals surface area (Å²) in [6, 6.07) is 37.4. The van der Waals surface area contributed by atoms with Crippen LogP contribution in [0.4, 0.5) is 0 Å². The second kappa shape index (κ2) is 9.33. The maximum Gasteiger partial charge on any atom is 0.285 e. The molecule has 0 saturated carbocycles. The van der Waals surface area contributed by atoms with Crippen molar-refractivity contribution in [2.75, 3.05) is 0 Å². The Bertz CT molecular complexity index is 1430. The van der Waals surface area contributed by atoms with Crippen molar-refractivity contribution in [3.05, 3.63) is 161 Å². The molecule has 2 amide bonds. The summed E-state index contributed by atoms with van der Waals surface area (Å²) in [7, 11) is 0. The van der Waals surface area contributed by atoms with Crippen LogP contribution in [0.2, 0.25) is 0 Å². The highest BCUT2D eigenvalue weighted by Crippen LogP contribution is 2.41. The molecule has 2 heterocycles. The number of hydroxylamine groups is 2. The molecule has 0 N–H and O–H groups in total. The largest absolute Gasteiger partial charge is 0.314 e. The van der Waals surface area contributed by atoms with Gasteiger partial charge in [0.25, 0.3) is 11.8 Å². The third kappa shape index (κ3) is 3.66. The smallest absolute Gasteiger partial charge is 0.285 e. The molecule has 0 spiro atoms. The van der Waals surface area contributed by atoms with Crippen LogP contribution >= 0.6 is 0 Å². The number of nitrogens with zero attached hydrogens (tertiary/aromatic N) is 3. The summed E-state index contributed by atoms with van der Waals surface area (Å²) in [6.07, 6.45) is 3.48. The van der Waals surface area contributed by atoms with Gasteiger partial charge in [-0.15, -0.1) is 5.06 Å². The Morgan fingerprint density at radius 2 is 1.05 bits per heavy atom. The van der Waals surface area contributed by atoms with E-state index in [1.165, 1.54) is 0 Å². The van der Waals surface area contributed by atoms with Crippen LogP contribution < -0.4 is 0 Å². The minimum Gasteiger partial charge on any atom is -0.314 e. The van der Waals surface area contributed by atoms with Gasteiger partial charge in [0.1, 0.15) is 12.1 Å². The number of hydrogen-bond acceptors (Lipinski definition) is 4. The summed E-state index contributed by atoms with van der Waals surface area (Å²) in [4.78, 5) is 36.1. The van der Waals surface area contributed by atoms with Crippen LogP contribution in [0.25, 0.3) is 0 Å². The van der Waals surface area contributed by atoms with Crippen LogP contribution in [0.5, 0.6) is 0 Å². The normalized spacial score (nSPS) is 13.1. The van der Waals surface area contributed by atoms with Crippen LogP contribution in [-0.4, -0.2) is 26.4 Å². The summed E-state index contributed by atoms with van der Waals surface area (Å²) in [6.45, 7) is -0.0281. The third-order valence-corrected chi connectivity index (χ3v) is 6.75. The minimum atomic E-state index is -0.777. The maximum absolute atomic E-state index is 12.9. The molecule has 1 aliphatic heterocycles. The predicted molar refractivity (Wildman–Crippen MR) is 139 cm³/mol. The van der Waals surface area contributed by atoms with E-state index in [1.807, 2.05) is 54.6 Å². The molecule has 0 radical (unpaired) electrons. The van der Waals surface area contributed by atoms with Crippen molar-refractivity contribution >= 4 is 11.8 Å². The summed E-state index contributed by atoms with van der Waals surface area (Å²) >= 11 is 0. The van der Waals surface area contributed by atoms with E-state index in [1.54, 1.807) is 36.8 Å². The number of fused-ring (bicyclic) bond motifs is 1. The van der Waals surface area contributed by atoms with Crippen molar-refractivity contribution in [3.8, 4) is 0 Å². The average molecular weight is 486 g/mol. The maximum atomic E-state index is 12.9. The molecule has 37 heavy (non-hydrogen) atoms. The number of imidazole rings is 1. The summed E-state index contributed by atoms with van der Waals surface area (Å²) in [5, 5.41) is 0.844. The lowest BCUT2D eigenvalue weighted by molar-refractivity contribution is -0.102. The van der Waals surface area contributed by atoms with E-state index in [4.69, 9.17) is 4.84 Å². The Kier molecular flexibility index (Phi) is 5.71. The van der Waals surface area contributed by atoms with E-state index in [0.29, 0.717) is 16.8 Å². The number of aromatic nitrogens is 2. The van der Waals surface area contributed by atoms with Gasteiger partial charge in [0.2, 0.25) is 0 Å². The molecule has 180 valence electrons. The Morgan fingerprint density at radius 1 is 0.622 bits per heavy atom. The highest BCUT2D eigenvalue weighted by molar-refractivity contribution is 6.20. The molecular formula is C31H23N3O3.